The highest BCUT2D eigenvalue weighted by atomic mass is 19.1. The summed E-state index contributed by atoms with van der Waals surface area (Å²) in [5, 5.41) is 15.1. The van der Waals surface area contributed by atoms with Crippen molar-refractivity contribution < 1.29 is 4.39 Å². The number of nitrogens with one attached hydrogen (secondary N) is 4. The number of fused-ring (bicyclic) bond motifs is 2. The number of H-pyrrole nitrogens is 2. The second kappa shape index (κ2) is 8.63. The molecule has 5 rings (SSSR count). The topological polar surface area (TPSA) is 68.5 Å². The van der Waals surface area contributed by atoms with Crippen LogP contribution in [0, 0.1) is 0 Å². The number of benzene rings is 2. The Morgan fingerprint density at radius 2 is 2.03 bits per heavy atom. The molecule has 3 heterocycles. The van der Waals surface area contributed by atoms with Crippen LogP contribution in [0.5, 0.6) is 0 Å². The smallest absolute Gasteiger partial charge is 0.0985 e. The molecule has 2 atom stereocenters. The minimum absolute atomic E-state index is 0.194. The van der Waals surface area contributed by atoms with Gasteiger partial charge in [-0.3, -0.25) is 5.10 Å². The van der Waals surface area contributed by atoms with Crippen molar-refractivity contribution in [3.8, 4) is 11.1 Å². The number of halogens is 1. The van der Waals surface area contributed by atoms with Crippen LogP contribution in [0.3, 0.4) is 0 Å². The Morgan fingerprint density at radius 3 is 2.84 bits per heavy atom. The predicted molar refractivity (Wildman–Crippen MR) is 130 cm³/mol. The Kier molecular flexibility index (Phi) is 5.53. The Balaban J connectivity index is 1.41. The maximum Gasteiger partial charge on any atom is 0.0985 e. The van der Waals surface area contributed by atoms with E-state index in [1.165, 1.54) is 22.1 Å². The molecule has 32 heavy (non-hydrogen) atoms. The summed E-state index contributed by atoms with van der Waals surface area (Å²) < 4.78 is 13.0. The summed E-state index contributed by atoms with van der Waals surface area (Å²) in [6, 6.07) is 15.3. The van der Waals surface area contributed by atoms with E-state index in [0.29, 0.717) is 13.0 Å². The minimum Gasteiger partial charge on any atom is -0.378 e. The molecule has 6 heteroatoms. The molecule has 0 saturated carbocycles. The van der Waals surface area contributed by atoms with Gasteiger partial charge in [-0.15, -0.1) is 0 Å². The van der Waals surface area contributed by atoms with E-state index in [9.17, 15) is 4.39 Å². The first-order valence-electron chi connectivity index (χ1n) is 11.1. The van der Waals surface area contributed by atoms with Crippen LogP contribution < -0.4 is 10.6 Å². The fourth-order valence-electron chi connectivity index (χ4n) is 4.30. The minimum atomic E-state index is -0.766. The molecule has 4 N–H and O–H groups in total. The monoisotopic (exact) mass is 429 g/mol. The largest absolute Gasteiger partial charge is 0.378 e. The van der Waals surface area contributed by atoms with E-state index in [-0.39, 0.29) is 6.04 Å². The molecule has 0 aliphatic carbocycles. The third kappa shape index (κ3) is 4.18. The zero-order chi connectivity index (χ0) is 22.1. The molecule has 1 aliphatic heterocycles. The maximum atomic E-state index is 13.0. The lowest BCUT2D eigenvalue weighted by molar-refractivity contribution is 0.336. The van der Waals surface area contributed by atoms with Crippen LogP contribution in [0.4, 0.5) is 10.1 Å². The van der Waals surface area contributed by atoms with Crippen LogP contribution in [0.15, 0.2) is 54.9 Å². The van der Waals surface area contributed by atoms with Gasteiger partial charge in [0.25, 0.3) is 0 Å². The van der Waals surface area contributed by atoms with E-state index in [1.807, 2.05) is 12.4 Å². The predicted octanol–water partition coefficient (Wildman–Crippen LogP) is 5.75. The summed E-state index contributed by atoms with van der Waals surface area (Å²) in [5.41, 5.74) is 9.20. The molecule has 0 amide bonds. The van der Waals surface area contributed by atoms with E-state index in [2.05, 4.69) is 81.3 Å². The van der Waals surface area contributed by atoms with Crippen molar-refractivity contribution in [2.24, 2.45) is 0 Å². The summed E-state index contributed by atoms with van der Waals surface area (Å²) in [5.74, 6) is 0. The Bertz CT molecular complexity index is 1250. The summed E-state index contributed by atoms with van der Waals surface area (Å²) in [6.45, 7) is 5.21. The number of alkyl halides is 1. The molecular weight excluding hydrogens is 401 g/mol. The summed E-state index contributed by atoms with van der Waals surface area (Å²) in [6.07, 6.45) is 5.80. The fourth-order valence-corrected chi connectivity index (χ4v) is 4.30. The number of anilines is 1. The Morgan fingerprint density at radius 1 is 1.12 bits per heavy atom. The van der Waals surface area contributed by atoms with Gasteiger partial charge in [-0.05, 0) is 85.5 Å². The molecule has 2 unspecified atom stereocenters. The SMILES string of the molecule is CC(F)CCNCc1ccc2[nH]c(C3=Cc4cc(-c5cn[nH]c5)ccc4NC3C)cc2c1. The van der Waals surface area contributed by atoms with Crippen molar-refractivity contribution in [1.82, 2.24) is 20.5 Å². The van der Waals surface area contributed by atoms with Crippen molar-refractivity contribution in [2.45, 2.75) is 39.0 Å². The highest BCUT2D eigenvalue weighted by Gasteiger charge is 2.20. The van der Waals surface area contributed by atoms with E-state index in [4.69, 9.17) is 0 Å². The number of aromatic nitrogens is 3. The first-order chi connectivity index (χ1) is 15.6. The average Bonchev–Trinajstić information content (AvgIpc) is 3.45. The van der Waals surface area contributed by atoms with Gasteiger partial charge in [0.1, 0.15) is 0 Å². The van der Waals surface area contributed by atoms with Crippen molar-refractivity contribution in [2.75, 3.05) is 11.9 Å². The summed E-state index contributed by atoms with van der Waals surface area (Å²) in [4.78, 5) is 3.58. The van der Waals surface area contributed by atoms with Gasteiger partial charge in [-0.2, -0.15) is 5.10 Å². The van der Waals surface area contributed by atoms with E-state index in [1.54, 1.807) is 6.92 Å². The van der Waals surface area contributed by atoms with Gasteiger partial charge in [0, 0.05) is 40.6 Å². The van der Waals surface area contributed by atoms with Gasteiger partial charge in [0.2, 0.25) is 0 Å². The highest BCUT2D eigenvalue weighted by molar-refractivity contribution is 5.95. The molecule has 0 radical (unpaired) electrons. The molecule has 2 aromatic carbocycles. The van der Waals surface area contributed by atoms with Gasteiger partial charge < -0.3 is 15.6 Å². The second-order valence-corrected chi connectivity index (χ2v) is 8.61. The first kappa shape index (κ1) is 20.5. The lowest BCUT2D eigenvalue weighted by atomic mass is 9.94. The zero-order valence-electron chi connectivity index (χ0n) is 18.4. The third-order valence-electron chi connectivity index (χ3n) is 6.08. The number of hydrogen-bond donors (Lipinski definition) is 4. The van der Waals surface area contributed by atoms with Crippen LogP contribution in [0.1, 0.15) is 37.1 Å². The quantitative estimate of drug-likeness (QED) is 0.283. The molecule has 4 aromatic rings. The van der Waals surface area contributed by atoms with Crippen molar-refractivity contribution in [3.63, 3.8) is 0 Å². The highest BCUT2D eigenvalue weighted by Crippen LogP contribution is 2.35. The van der Waals surface area contributed by atoms with Gasteiger partial charge in [0.15, 0.2) is 0 Å². The van der Waals surface area contributed by atoms with Crippen LogP contribution in [-0.2, 0) is 6.54 Å². The summed E-state index contributed by atoms with van der Waals surface area (Å²) >= 11 is 0. The van der Waals surface area contributed by atoms with Gasteiger partial charge in [-0.1, -0.05) is 12.1 Å². The molecule has 164 valence electrons. The van der Waals surface area contributed by atoms with Crippen LogP contribution >= 0.6 is 0 Å². The number of nitrogens with zero attached hydrogens (tertiary/aromatic N) is 1. The number of hydrogen-bond acceptors (Lipinski definition) is 3. The summed E-state index contributed by atoms with van der Waals surface area (Å²) in [7, 11) is 0. The third-order valence-corrected chi connectivity index (χ3v) is 6.08. The van der Waals surface area contributed by atoms with E-state index < -0.39 is 6.17 Å². The van der Waals surface area contributed by atoms with Crippen molar-refractivity contribution in [1.29, 1.82) is 0 Å². The lowest BCUT2D eigenvalue weighted by Gasteiger charge is -2.25. The molecular formula is C26H28FN5. The zero-order valence-corrected chi connectivity index (χ0v) is 18.4. The normalized spacial score (nSPS) is 16.5. The molecule has 1 aliphatic rings. The van der Waals surface area contributed by atoms with Gasteiger partial charge in [0.05, 0.1) is 18.4 Å². The number of rotatable bonds is 7. The molecule has 2 aromatic heterocycles. The van der Waals surface area contributed by atoms with Gasteiger partial charge >= 0.3 is 0 Å². The Hall–Kier alpha value is -3.38. The first-order valence-corrected chi connectivity index (χ1v) is 11.1. The molecule has 0 spiro atoms. The van der Waals surface area contributed by atoms with Crippen LogP contribution in [0.2, 0.25) is 0 Å². The van der Waals surface area contributed by atoms with E-state index >= 15 is 0 Å². The van der Waals surface area contributed by atoms with Crippen LogP contribution in [-0.4, -0.2) is 33.9 Å². The van der Waals surface area contributed by atoms with Crippen molar-refractivity contribution in [3.05, 3.63) is 71.7 Å². The number of aromatic amines is 2. The van der Waals surface area contributed by atoms with Gasteiger partial charge in [-0.25, -0.2) is 4.39 Å². The average molecular weight is 430 g/mol. The van der Waals surface area contributed by atoms with E-state index in [0.717, 1.165) is 34.6 Å². The van der Waals surface area contributed by atoms with Crippen LogP contribution in [0.25, 0.3) is 33.7 Å². The molecule has 0 bridgehead atoms. The molecule has 0 fully saturated rings. The Labute approximate surface area is 187 Å². The standard InChI is InChI=1S/C26H28FN5/c1-16(27)7-8-28-13-18-3-5-25-20(9-18)12-26(32-25)23-11-21-10-19(22-14-29-30-15-22)4-6-24(21)31-17(23)2/h3-6,9-12,14-17,28,31-32H,7-8,13H2,1-2H3,(H,29,30). The lowest BCUT2D eigenvalue weighted by Crippen LogP contribution is -2.21. The maximum absolute atomic E-state index is 13.0. The second-order valence-electron chi connectivity index (χ2n) is 8.61. The molecule has 5 nitrogen and oxygen atoms in total. The fraction of sp³-hybridized carbons (Fsp3) is 0.269. The van der Waals surface area contributed by atoms with Crippen molar-refractivity contribution >= 4 is 28.2 Å². The molecule has 0 saturated heterocycles.